The number of carbonyl (C=O) groups is 1. The molecule has 2 aromatic carbocycles. The van der Waals surface area contributed by atoms with Gasteiger partial charge in [0.15, 0.2) is 0 Å². The quantitative estimate of drug-likeness (QED) is 0.698. The number of likely N-dealkylation sites (N-methyl/N-ethyl adjacent to an activating group) is 1. The molecule has 2 rings (SSSR count). The van der Waals surface area contributed by atoms with Gasteiger partial charge in [0.1, 0.15) is 0 Å². The van der Waals surface area contributed by atoms with Crippen LogP contribution < -0.4 is 4.72 Å². The zero-order valence-electron chi connectivity index (χ0n) is 17.0. The van der Waals surface area contributed by atoms with Crippen molar-refractivity contribution in [3.8, 4) is 0 Å². The second-order valence-corrected chi connectivity index (χ2v) is 8.76. The molecule has 0 spiro atoms. The fourth-order valence-corrected chi connectivity index (χ4v) is 3.89. The Kier molecular flexibility index (Phi) is 7.74. The average molecular weight is 404 g/mol. The molecule has 0 heterocycles. The van der Waals surface area contributed by atoms with Gasteiger partial charge in [-0.25, -0.2) is 13.1 Å². The molecule has 0 unspecified atom stereocenters. The van der Waals surface area contributed by atoms with Crippen LogP contribution in [0.25, 0.3) is 0 Å². The second-order valence-electron chi connectivity index (χ2n) is 6.99. The largest absolute Gasteiger partial charge is 0.333 e. The highest BCUT2D eigenvalue weighted by molar-refractivity contribution is 7.89. The summed E-state index contributed by atoms with van der Waals surface area (Å²) in [6.07, 6.45) is 0. The summed E-state index contributed by atoms with van der Waals surface area (Å²) in [4.78, 5) is 17.2. The fourth-order valence-electron chi connectivity index (χ4n) is 2.82. The highest BCUT2D eigenvalue weighted by atomic mass is 32.2. The van der Waals surface area contributed by atoms with Gasteiger partial charge in [0.2, 0.25) is 10.0 Å². The fraction of sp³-hybridized carbons (Fsp3) is 0.381. The van der Waals surface area contributed by atoms with Gasteiger partial charge in [0.05, 0.1) is 4.90 Å². The molecule has 0 atom stereocenters. The van der Waals surface area contributed by atoms with Crippen LogP contribution in [-0.4, -0.2) is 57.9 Å². The van der Waals surface area contributed by atoms with E-state index in [0.717, 1.165) is 11.1 Å². The molecule has 2 aromatic rings. The standard InChI is InChI=1S/C21H29N3O3S/c1-5-22-28(26,27)19-12-11-17(2)20(15-19)21(25)24(14-13-23(3)4)16-18-9-7-6-8-10-18/h6-12,15,22H,5,13-14,16H2,1-4H3. The van der Waals surface area contributed by atoms with E-state index in [0.29, 0.717) is 31.7 Å². The molecular weight excluding hydrogens is 374 g/mol. The molecular formula is C21H29N3O3S. The highest BCUT2D eigenvalue weighted by Crippen LogP contribution is 2.19. The Balaban J connectivity index is 2.36. The van der Waals surface area contributed by atoms with Gasteiger partial charge >= 0.3 is 0 Å². The van der Waals surface area contributed by atoms with Gasteiger partial charge in [-0.3, -0.25) is 4.79 Å². The molecule has 7 heteroatoms. The minimum Gasteiger partial charge on any atom is -0.333 e. The Bertz CT molecular complexity index is 896. The molecule has 1 N–H and O–H groups in total. The number of nitrogens with one attached hydrogen (secondary N) is 1. The molecule has 152 valence electrons. The van der Waals surface area contributed by atoms with E-state index in [2.05, 4.69) is 4.72 Å². The molecule has 0 aliphatic carbocycles. The summed E-state index contributed by atoms with van der Waals surface area (Å²) in [6.45, 7) is 5.57. The van der Waals surface area contributed by atoms with Crippen LogP contribution in [-0.2, 0) is 16.6 Å². The van der Waals surface area contributed by atoms with E-state index < -0.39 is 10.0 Å². The Labute approximate surface area is 168 Å². The van der Waals surface area contributed by atoms with Crippen molar-refractivity contribution in [2.24, 2.45) is 0 Å². The Morgan fingerprint density at radius 2 is 1.71 bits per heavy atom. The third-order valence-electron chi connectivity index (χ3n) is 4.40. The molecule has 28 heavy (non-hydrogen) atoms. The summed E-state index contributed by atoms with van der Waals surface area (Å²) >= 11 is 0. The van der Waals surface area contributed by atoms with Crippen molar-refractivity contribution < 1.29 is 13.2 Å². The average Bonchev–Trinajstić information content (AvgIpc) is 2.65. The van der Waals surface area contributed by atoms with Crippen LogP contribution in [0.4, 0.5) is 0 Å². The zero-order valence-corrected chi connectivity index (χ0v) is 17.8. The van der Waals surface area contributed by atoms with Gasteiger partial charge in [0.25, 0.3) is 5.91 Å². The van der Waals surface area contributed by atoms with E-state index >= 15 is 0 Å². The molecule has 0 radical (unpaired) electrons. The van der Waals surface area contributed by atoms with E-state index in [-0.39, 0.29) is 10.8 Å². The highest BCUT2D eigenvalue weighted by Gasteiger charge is 2.21. The van der Waals surface area contributed by atoms with Crippen molar-refractivity contribution in [1.29, 1.82) is 0 Å². The molecule has 0 saturated carbocycles. The minimum atomic E-state index is -3.62. The first-order valence-electron chi connectivity index (χ1n) is 9.33. The summed E-state index contributed by atoms with van der Waals surface area (Å²) in [7, 11) is 0.294. The summed E-state index contributed by atoms with van der Waals surface area (Å²) in [6, 6.07) is 14.5. The molecule has 0 bridgehead atoms. The maximum atomic E-state index is 13.3. The summed E-state index contributed by atoms with van der Waals surface area (Å²) in [5.41, 5.74) is 2.20. The summed E-state index contributed by atoms with van der Waals surface area (Å²) < 4.78 is 27.2. The third kappa shape index (κ3) is 5.89. The minimum absolute atomic E-state index is 0.107. The lowest BCUT2D eigenvalue weighted by Gasteiger charge is -2.25. The van der Waals surface area contributed by atoms with Crippen LogP contribution in [0, 0.1) is 6.92 Å². The lowest BCUT2D eigenvalue weighted by atomic mass is 10.1. The number of benzene rings is 2. The molecule has 0 saturated heterocycles. The number of hydrogen-bond donors (Lipinski definition) is 1. The van der Waals surface area contributed by atoms with E-state index in [1.54, 1.807) is 17.9 Å². The van der Waals surface area contributed by atoms with Gasteiger partial charge in [-0.1, -0.05) is 43.3 Å². The van der Waals surface area contributed by atoms with Crippen LogP contribution in [0.5, 0.6) is 0 Å². The van der Waals surface area contributed by atoms with E-state index in [9.17, 15) is 13.2 Å². The van der Waals surface area contributed by atoms with Crippen LogP contribution >= 0.6 is 0 Å². The number of amides is 1. The molecule has 6 nitrogen and oxygen atoms in total. The van der Waals surface area contributed by atoms with Gasteiger partial charge in [0, 0.05) is 31.7 Å². The maximum absolute atomic E-state index is 13.3. The van der Waals surface area contributed by atoms with Crippen LogP contribution in [0.2, 0.25) is 0 Å². The third-order valence-corrected chi connectivity index (χ3v) is 5.95. The van der Waals surface area contributed by atoms with Crippen LogP contribution in [0.3, 0.4) is 0 Å². The first kappa shape index (κ1) is 22.1. The van der Waals surface area contributed by atoms with E-state index in [4.69, 9.17) is 0 Å². The first-order chi connectivity index (χ1) is 13.2. The van der Waals surface area contributed by atoms with Crippen molar-refractivity contribution in [3.05, 3.63) is 65.2 Å². The van der Waals surface area contributed by atoms with Gasteiger partial charge in [-0.2, -0.15) is 0 Å². The monoisotopic (exact) mass is 403 g/mol. The number of rotatable bonds is 9. The number of hydrogen-bond acceptors (Lipinski definition) is 4. The Morgan fingerprint density at radius 3 is 2.32 bits per heavy atom. The Morgan fingerprint density at radius 1 is 1.04 bits per heavy atom. The van der Waals surface area contributed by atoms with Crippen molar-refractivity contribution >= 4 is 15.9 Å². The predicted molar refractivity (Wildman–Crippen MR) is 112 cm³/mol. The topological polar surface area (TPSA) is 69.7 Å². The number of carbonyl (C=O) groups excluding carboxylic acids is 1. The van der Waals surface area contributed by atoms with E-state index in [1.165, 1.54) is 12.1 Å². The maximum Gasteiger partial charge on any atom is 0.254 e. The summed E-state index contributed by atoms with van der Waals surface area (Å²) in [5, 5.41) is 0. The zero-order chi connectivity index (χ0) is 20.7. The van der Waals surface area contributed by atoms with Gasteiger partial charge < -0.3 is 9.80 Å². The number of sulfonamides is 1. The Hall–Kier alpha value is -2.22. The van der Waals surface area contributed by atoms with Gasteiger partial charge in [-0.05, 0) is 44.3 Å². The van der Waals surface area contributed by atoms with E-state index in [1.807, 2.05) is 56.3 Å². The SMILES string of the molecule is CCNS(=O)(=O)c1ccc(C)c(C(=O)N(CCN(C)C)Cc2ccccc2)c1. The smallest absolute Gasteiger partial charge is 0.254 e. The molecule has 0 fully saturated rings. The summed E-state index contributed by atoms with van der Waals surface area (Å²) in [5.74, 6) is -0.170. The predicted octanol–water partition coefficient (Wildman–Crippen LogP) is 2.50. The first-order valence-corrected chi connectivity index (χ1v) is 10.8. The van der Waals surface area contributed by atoms with Gasteiger partial charge in [-0.15, -0.1) is 0 Å². The van der Waals surface area contributed by atoms with Crippen molar-refractivity contribution in [2.45, 2.75) is 25.3 Å². The van der Waals surface area contributed by atoms with Crippen LogP contribution in [0.1, 0.15) is 28.4 Å². The molecule has 0 aromatic heterocycles. The number of aryl methyl sites for hydroxylation is 1. The lowest BCUT2D eigenvalue weighted by molar-refractivity contribution is 0.0731. The molecule has 1 amide bonds. The van der Waals surface area contributed by atoms with Crippen molar-refractivity contribution in [3.63, 3.8) is 0 Å². The lowest BCUT2D eigenvalue weighted by Crippen LogP contribution is -2.36. The van der Waals surface area contributed by atoms with Crippen molar-refractivity contribution in [1.82, 2.24) is 14.5 Å². The number of nitrogens with zero attached hydrogens (tertiary/aromatic N) is 2. The normalized spacial score (nSPS) is 11.6. The molecule has 0 aliphatic heterocycles. The van der Waals surface area contributed by atoms with Crippen molar-refractivity contribution in [2.75, 3.05) is 33.7 Å². The molecule has 0 aliphatic rings. The van der Waals surface area contributed by atoms with Crippen LogP contribution in [0.15, 0.2) is 53.4 Å². The second kappa shape index (κ2) is 9.82.